The highest BCUT2D eigenvalue weighted by Crippen LogP contribution is 2.16. The summed E-state index contributed by atoms with van der Waals surface area (Å²) in [5.41, 5.74) is -1.12. The van der Waals surface area contributed by atoms with Crippen LogP contribution in [0.15, 0.2) is 14.5 Å². The number of ether oxygens (including phenoxy) is 1. The Kier molecular flexibility index (Phi) is 2.85. The van der Waals surface area contributed by atoms with Gasteiger partial charge in [0, 0.05) is 0 Å². The largest absolute Gasteiger partial charge is 0.386 e. The Morgan fingerprint density at radius 3 is 2.64 bits per heavy atom. The van der Waals surface area contributed by atoms with Gasteiger partial charge in [0.05, 0.1) is 12.2 Å². The predicted octanol–water partition coefficient (Wildman–Crippen LogP) is 1.68. The second-order valence-electron chi connectivity index (χ2n) is 3.81. The van der Waals surface area contributed by atoms with Crippen molar-refractivity contribution in [3.8, 4) is 0 Å². The molecule has 6 heteroatoms. The summed E-state index contributed by atoms with van der Waals surface area (Å²) < 4.78 is 9.74. The van der Waals surface area contributed by atoms with E-state index in [1.54, 1.807) is 0 Å². The van der Waals surface area contributed by atoms with E-state index in [0.29, 0.717) is 0 Å². The van der Waals surface area contributed by atoms with E-state index >= 15 is 0 Å². The molecule has 1 N–H and O–H groups in total. The minimum Gasteiger partial charge on any atom is -0.369 e. The van der Waals surface area contributed by atoms with E-state index in [-0.39, 0.29) is 23.6 Å². The molecule has 0 spiro atoms. The smallest absolute Gasteiger partial charge is 0.369 e. The maximum absolute atomic E-state index is 10.8. The summed E-state index contributed by atoms with van der Waals surface area (Å²) in [5, 5.41) is 4.85. The summed E-state index contributed by atoms with van der Waals surface area (Å²) in [7, 11) is 0. The fourth-order valence-electron chi connectivity index (χ4n) is 0.807. The Labute approximate surface area is 80.2 Å². The van der Waals surface area contributed by atoms with Crippen LogP contribution in [0.25, 0.3) is 0 Å². The molecule has 0 radical (unpaired) electrons. The fraction of sp³-hybridized carbons (Fsp3) is 0.625. The Bertz CT molecular complexity index is 371. The Morgan fingerprint density at radius 2 is 2.14 bits per heavy atom. The van der Waals surface area contributed by atoms with Crippen molar-refractivity contribution in [2.24, 2.45) is 5.18 Å². The van der Waals surface area contributed by atoms with E-state index in [2.05, 4.69) is 14.9 Å². The molecule has 0 bridgehead atoms. The van der Waals surface area contributed by atoms with Gasteiger partial charge in [0.15, 0.2) is 0 Å². The number of aromatic nitrogens is 1. The molecule has 0 aliphatic heterocycles. The predicted molar refractivity (Wildman–Crippen MR) is 49.3 cm³/mol. The third-order valence-electron chi connectivity index (χ3n) is 1.49. The molecule has 1 heterocycles. The Morgan fingerprint density at radius 1 is 1.50 bits per heavy atom. The minimum absolute atomic E-state index is 0.0936. The van der Waals surface area contributed by atoms with E-state index in [0.717, 1.165) is 0 Å². The molecule has 14 heavy (non-hydrogen) atoms. The van der Waals surface area contributed by atoms with Crippen LogP contribution in [0.4, 0.5) is 5.69 Å². The van der Waals surface area contributed by atoms with Crippen LogP contribution < -0.4 is 5.63 Å². The molecular weight excluding hydrogens is 188 g/mol. The van der Waals surface area contributed by atoms with Gasteiger partial charge in [-0.15, -0.1) is 4.91 Å². The number of H-pyrrole nitrogens is 1. The van der Waals surface area contributed by atoms with E-state index in [1.807, 2.05) is 20.8 Å². The first-order chi connectivity index (χ1) is 6.44. The molecule has 0 atom stereocenters. The van der Waals surface area contributed by atoms with Crippen molar-refractivity contribution < 1.29 is 9.26 Å². The first-order valence-electron chi connectivity index (χ1n) is 4.11. The molecule has 6 nitrogen and oxygen atoms in total. The lowest BCUT2D eigenvalue weighted by Crippen LogP contribution is -2.18. The van der Waals surface area contributed by atoms with Crippen LogP contribution in [-0.2, 0) is 11.3 Å². The van der Waals surface area contributed by atoms with Gasteiger partial charge in [0.1, 0.15) is 5.69 Å². The molecule has 0 unspecified atom stereocenters. The average molecular weight is 200 g/mol. The lowest BCUT2D eigenvalue weighted by Gasteiger charge is -2.18. The Balaban J connectivity index is 2.77. The molecule has 78 valence electrons. The van der Waals surface area contributed by atoms with Crippen molar-refractivity contribution in [3.05, 3.63) is 21.0 Å². The molecule has 1 aromatic rings. The molecule has 0 aromatic carbocycles. The number of hydrogen-bond acceptors (Lipinski definition) is 5. The zero-order valence-corrected chi connectivity index (χ0v) is 8.29. The molecule has 0 saturated carbocycles. The van der Waals surface area contributed by atoms with Crippen LogP contribution in [0.2, 0.25) is 0 Å². The minimum atomic E-state index is -0.771. The van der Waals surface area contributed by atoms with Gasteiger partial charge in [0.2, 0.25) is 5.69 Å². The molecule has 1 rings (SSSR count). The second kappa shape index (κ2) is 3.75. The van der Waals surface area contributed by atoms with Crippen molar-refractivity contribution in [1.29, 1.82) is 0 Å². The monoisotopic (exact) mass is 200 g/mol. The average Bonchev–Trinajstić information content (AvgIpc) is 2.41. The van der Waals surface area contributed by atoms with Gasteiger partial charge in [-0.1, -0.05) is 0 Å². The van der Waals surface area contributed by atoms with Crippen molar-refractivity contribution in [2.45, 2.75) is 33.0 Å². The van der Waals surface area contributed by atoms with Gasteiger partial charge in [-0.3, -0.25) is 0 Å². The third-order valence-corrected chi connectivity index (χ3v) is 1.49. The highest BCUT2D eigenvalue weighted by atomic mass is 16.5. The molecule has 0 saturated heterocycles. The topological polar surface area (TPSA) is 84.7 Å². The van der Waals surface area contributed by atoms with Crippen LogP contribution in [-0.4, -0.2) is 10.8 Å². The second-order valence-corrected chi connectivity index (χ2v) is 3.81. The van der Waals surface area contributed by atoms with Crippen LogP contribution in [0.3, 0.4) is 0 Å². The number of nitrogens with zero attached hydrogens (tertiary/aromatic N) is 1. The fourth-order valence-corrected chi connectivity index (χ4v) is 0.807. The lowest BCUT2D eigenvalue weighted by atomic mass is 10.2. The zero-order valence-electron chi connectivity index (χ0n) is 8.29. The number of nitrogens with one attached hydrogen (secondary N) is 1. The highest BCUT2D eigenvalue weighted by Gasteiger charge is 2.16. The quantitative estimate of drug-likeness (QED) is 0.752. The summed E-state index contributed by atoms with van der Waals surface area (Å²) in [4.78, 5) is 21.1. The molecular formula is C8H12N2O4. The Hall–Kier alpha value is -1.43. The summed E-state index contributed by atoms with van der Waals surface area (Å²) in [5.74, 6) is 0. The molecule has 0 aliphatic carbocycles. The van der Waals surface area contributed by atoms with E-state index in [1.165, 1.54) is 0 Å². The van der Waals surface area contributed by atoms with Gasteiger partial charge in [-0.25, -0.2) is 9.95 Å². The summed E-state index contributed by atoms with van der Waals surface area (Å²) >= 11 is 0. The number of nitroso groups, excluding NO2 is 1. The molecule has 0 amide bonds. The first kappa shape index (κ1) is 10.6. The third kappa shape index (κ3) is 2.53. The van der Waals surface area contributed by atoms with Gasteiger partial charge in [-0.05, 0) is 25.9 Å². The van der Waals surface area contributed by atoms with Crippen molar-refractivity contribution in [1.82, 2.24) is 5.16 Å². The van der Waals surface area contributed by atoms with Crippen LogP contribution in [0, 0.1) is 4.91 Å². The SMILES string of the molecule is CC(C)(C)OCc1[nH]oc(=O)c1N=O. The number of rotatable bonds is 3. The molecule has 1 aromatic heterocycles. The maximum Gasteiger partial charge on any atom is 0.386 e. The van der Waals surface area contributed by atoms with Crippen LogP contribution in [0.1, 0.15) is 26.5 Å². The van der Waals surface area contributed by atoms with E-state index in [4.69, 9.17) is 4.74 Å². The standard InChI is InChI=1S/C8H12N2O4/c1-8(2,3)13-4-5-6(9-12)7(11)14-10-5/h10H,4H2,1-3H3. The van der Waals surface area contributed by atoms with E-state index in [9.17, 15) is 9.70 Å². The lowest BCUT2D eigenvalue weighted by molar-refractivity contribution is -0.0172. The molecule has 0 aliphatic rings. The van der Waals surface area contributed by atoms with Gasteiger partial charge < -0.3 is 9.26 Å². The van der Waals surface area contributed by atoms with Crippen molar-refractivity contribution in [2.75, 3.05) is 0 Å². The van der Waals surface area contributed by atoms with E-state index < -0.39 is 5.63 Å². The van der Waals surface area contributed by atoms with Crippen molar-refractivity contribution >= 4 is 5.69 Å². The zero-order chi connectivity index (χ0) is 10.8. The van der Waals surface area contributed by atoms with Crippen LogP contribution >= 0.6 is 0 Å². The summed E-state index contributed by atoms with van der Waals surface area (Å²) in [6, 6.07) is 0. The summed E-state index contributed by atoms with van der Waals surface area (Å²) in [6.45, 7) is 5.67. The summed E-state index contributed by atoms with van der Waals surface area (Å²) in [6.07, 6.45) is 0. The normalized spacial score (nSPS) is 11.6. The van der Waals surface area contributed by atoms with Crippen molar-refractivity contribution in [3.63, 3.8) is 0 Å². The highest BCUT2D eigenvalue weighted by molar-refractivity contribution is 5.37. The van der Waals surface area contributed by atoms with Gasteiger partial charge >= 0.3 is 5.63 Å². The van der Waals surface area contributed by atoms with Gasteiger partial charge in [-0.2, -0.15) is 0 Å². The maximum atomic E-state index is 10.8. The number of hydrogen-bond donors (Lipinski definition) is 1. The van der Waals surface area contributed by atoms with Gasteiger partial charge in [0.25, 0.3) is 0 Å². The first-order valence-corrected chi connectivity index (χ1v) is 4.11. The number of aromatic amines is 1. The van der Waals surface area contributed by atoms with Crippen LogP contribution in [0.5, 0.6) is 0 Å². The molecule has 0 fully saturated rings.